The molecule has 0 aliphatic heterocycles. The SMILES string of the molecule is Cc1ccc(CCCBr)cc1C(F)F. The predicted octanol–water partition coefficient (Wildman–Crippen LogP) is 4.26. The van der Waals surface area contributed by atoms with Gasteiger partial charge in [-0.15, -0.1) is 0 Å². The standard InChI is InChI=1S/C11H13BrF2/c1-8-4-5-9(3-2-6-12)7-10(8)11(13)14/h4-5,7,11H,2-3,6H2,1H3. The lowest BCUT2D eigenvalue weighted by Gasteiger charge is -2.07. The molecule has 0 aliphatic carbocycles. The molecule has 1 aromatic rings. The van der Waals surface area contributed by atoms with Crippen LogP contribution in [0.2, 0.25) is 0 Å². The summed E-state index contributed by atoms with van der Waals surface area (Å²) in [7, 11) is 0. The lowest BCUT2D eigenvalue weighted by Crippen LogP contribution is -1.93. The molecule has 0 atom stereocenters. The van der Waals surface area contributed by atoms with Crippen molar-refractivity contribution in [1.82, 2.24) is 0 Å². The number of rotatable bonds is 4. The fourth-order valence-electron chi connectivity index (χ4n) is 1.35. The van der Waals surface area contributed by atoms with Gasteiger partial charge in [0.15, 0.2) is 0 Å². The third-order valence-corrected chi connectivity index (χ3v) is 2.74. The van der Waals surface area contributed by atoms with Crippen LogP contribution in [0.25, 0.3) is 0 Å². The molecule has 0 amide bonds. The zero-order valence-electron chi connectivity index (χ0n) is 8.06. The monoisotopic (exact) mass is 262 g/mol. The zero-order chi connectivity index (χ0) is 10.6. The highest BCUT2D eigenvalue weighted by Gasteiger charge is 2.10. The second-order valence-electron chi connectivity index (χ2n) is 3.28. The van der Waals surface area contributed by atoms with Crippen LogP contribution in [0.1, 0.15) is 29.5 Å². The summed E-state index contributed by atoms with van der Waals surface area (Å²) in [6.45, 7) is 1.72. The van der Waals surface area contributed by atoms with Crippen LogP contribution in [0.5, 0.6) is 0 Å². The van der Waals surface area contributed by atoms with Crippen molar-refractivity contribution in [3.05, 3.63) is 34.9 Å². The minimum atomic E-state index is -2.36. The molecule has 0 radical (unpaired) electrons. The van der Waals surface area contributed by atoms with Gasteiger partial charge >= 0.3 is 0 Å². The first-order valence-corrected chi connectivity index (χ1v) is 5.71. The Morgan fingerprint density at radius 2 is 2.07 bits per heavy atom. The molecule has 14 heavy (non-hydrogen) atoms. The van der Waals surface area contributed by atoms with Crippen LogP contribution in [-0.4, -0.2) is 5.33 Å². The van der Waals surface area contributed by atoms with Gasteiger partial charge in [-0.2, -0.15) is 0 Å². The summed E-state index contributed by atoms with van der Waals surface area (Å²) >= 11 is 3.32. The maximum atomic E-state index is 12.5. The molecule has 0 spiro atoms. The van der Waals surface area contributed by atoms with E-state index in [1.807, 2.05) is 6.07 Å². The second kappa shape index (κ2) is 5.44. The van der Waals surface area contributed by atoms with Gasteiger partial charge in [0.1, 0.15) is 0 Å². The fraction of sp³-hybridized carbons (Fsp3) is 0.455. The first kappa shape index (κ1) is 11.6. The molecule has 1 rings (SSSR count). The molecule has 0 heterocycles. The van der Waals surface area contributed by atoms with E-state index >= 15 is 0 Å². The molecule has 0 unspecified atom stereocenters. The second-order valence-corrected chi connectivity index (χ2v) is 4.08. The topological polar surface area (TPSA) is 0 Å². The summed E-state index contributed by atoms with van der Waals surface area (Å²) in [4.78, 5) is 0. The largest absolute Gasteiger partial charge is 0.264 e. The molecular weight excluding hydrogens is 250 g/mol. The summed E-state index contributed by atoms with van der Waals surface area (Å²) in [5.41, 5.74) is 1.82. The highest BCUT2D eigenvalue weighted by atomic mass is 79.9. The normalized spacial score (nSPS) is 10.9. The van der Waals surface area contributed by atoms with Crippen LogP contribution in [0.4, 0.5) is 8.78 Å². The van der Waals surface area contributed by atoms with Gasteiger partial charge < -0.3 is 0 Å². The van der Waals surface area contributed by atoms with Gasteiger partial charge in [-0.3, -0.25) is 0 Å². The van der Waals surface area contributed by atoms with Gasteiger partial charge in [-0.05, 0) is 37.0 Å². The van der Waals surface area contributed by atoms with Crippen molar-refractivity contribution in [2.45, 2.75) is 26.2 Å². The summed E-state index contributed by atoms with van der Waals surface area (Å²) in [6.07, 6.45) is -0.532. The molecule has 3 heteroatoms. The molecule has 78 valence electrons. The molecule has 0 saturated heterocycles. The zero-order valence-corrected chi connectivity index (χ0v) is 9.65. The van der Waals surface area contributed by atoms with Crippen molar-refractivity contribution in [1.29, 1.82) is 0 Å². The van der Waals surface area contributed by atoms with Gasteiger partial charge in [0.2, 0.25) is 0 Å². The van der Waals surface area contributed by atoms with Crippen LogP contribution in [0.3, 0.4) is 0 Å². The number of aryl methyl sites for hydroxylation is 2. The van der Waals surface area contributed by atoms with E-state index in [2.05, 4.69) is 15.9 Å². The van der Waals surface area contributed by atoms with Gasteiger partial charge in [0, 0.05) is 10.9 Å². The third-order valence-electron chi connectivity index (χ3n) is 2.18. The van der Waals surface area contributed by atoms with E-state index in [1.54, 1.807) is 19.1 Å². The minimum Gasteiger partial charge on any atom is -0.205 e. The molecule has 0 aromatic heterocycles. The summed E-state index contributed by atoms with van der Waals surface area (Å²) in [5.74, 6) is 0. The van der Waals surface area contributed by atoms with Crippen LogP contribution < -0.4 is 0 Å². The first-order chi connectivity index (χ1) is 6.65. The Hall–Kier alpha value is -0.440. The molecule has 0 N–H and O–H groups in total. The van der Waals surface area contributed by atoms with Gasteiger partial charge in [0.25, 0.3) is 6.43 Å². The number of halogens is 3. The maximum absolute atomic E-state index is 12.5. The fourth-order valence-corrected chi connectivity index (χ4v) is 1.63. The van der Waals surface area contributed by atoms with E-state index in [4.69, 9.17) is 0 Å². The smallest absolute Gasteiger partial charge is 0.205 e. The summed E-state index contributed by atoms with van der Waals surface area (Å²) < 4.78 is 25.0. The predicted molar refractivity (Wildman–Crippen MR) is 58.3 cm³/mol. The van der Waals surface area contributed by atoms with E-state index in [9.17, 15) is 8.78 Å². The highest BCUT2D eigenvalue weighted by Crippen LogP contribution is 2.24. The van der Waals surface area contributed by atoms with Crippen LogP contribution in [0.15, 0.2) is 18.2 Å². The van der Waals surface area contributed by atoms with Crippen molar-refractivity contribution in [2.24, 2.45) is 0 Å². The maximum Gasteiger partial charge on any atom is 0.264 e. The van der Waals surface area contributed by atoms with E-state index in [0.29, 0.717) is 5.56 Å². The van der Waals surface area contributed by atoms with E-state index in [-0.39, 0.29) is 5.56 Å². The Balaban J connectivity index is 2.83. The average Bonchev–Trinajstić information content (AvgIpc) is 2.16. The summed E-state index contributed by atoms with van der Waals surface area (Å²) in [6, 6.07) is 5.30. The Morgan fingerprint density at radius 3 is 2.64 bits per heavy atom. The van der Waals surface area contributed by atoms with Gasteiger partial charge in [0.05, 0.1) is 0 Å². The van der Waals surface area contributed by atoms with Crippen LogP contribution in [-0.2, 0) is 6.42 Å². The number of alkyl halides is 3. The number of benzene rings is 1. The Labute approximate surface area is 91.5 Å². The highest BCUT2D eigenvalue weighted by molar-refractivity contribution is 9.09. The summed E-state index contributed by atoms with van der Waals surface area (Å²) in [5, 5.41) is 0.908. The number of hydrogen-bond donors (Lipinski definition) is 0. The molecule has 1 aromatic carbocycles. The number of hydrogen-bond acceptors (Lipinski definition) is 0. The molecular formula is C11H13BrF2. The Morgan fingerprint density at radius 1 is 1.36 bits per heavy atom. The van der Waals surface area contributed by atoms with Gasteiger partial charge in [-0.25, -0.2) is 8.78 Å². The van der Waals surface area contributed by atoms with Crippen molar-refractivity contribution in [2.75, 3.05) is 5.33 Å². The van der Waals surface area contributed by atoms with Gasteiger partial charge in [-0.1, -0.05) is 28.1 Å². The molecule has 0 fully saturated rings. The lowest BCUT2D eigenvalue weighted by atomic mass is 10.0. The average molecular weight is 263 g/mol. The van der Waals surface area contributed by atoms with E-state index in [1.165, 1.54) is 0 Å². The Kier molecular flexibility index (Phi) is 4.52. The first-order valence-electron chi connectivity index (χ1n) is 4.58. The van der Waals surface area contributed by atoms with Crippen molar-refractivity contribution >= 4 is 15.9 Å². The van der Waals surface area contributed by atoms with Crippen LogP contribution in [0, 0.1) is 6.92 Å². The van der Waals surface area contributed by atoms with E-state index < -0.39 is 6.43 Å². The molecule has 0 nitrogen and oxygen atoms in total. The van der Waals surface area contributed by atoms with Crippen molar-refractivity contribution < 1.29 is 8.78 Å². The van der Waals surface area contributed by atoms with Crippen molar-refractivity contribution in [3.8, 4) is 0 Å². The quantitative estimate of drug-likeness (QED) is 0.712. The third kappa shape index (κ3) is 3.05. The minimum absolute atomic E-state index is 0.164. The van der Waals surface area contributed by atoms with E-state index in [0.717, 1.165) is 23.7 Å². The lowest BCUT2D eigenvalue weighted by molar-refractivity contribution is 0.150. The van der Waals surface area contributed by atoms with Crippen molar-refractivity contribution in [3.63, 3.8) is 0 Å². The molecule has 0 saturated carbocycles. The molecule has 0 aliphatic rings. The van der Waals surface area contributed by atoms with Crippen LogP contribution >= 0.6 is 15.9 Å². The molecule has 0 bridgehead atoms. The Bertz CT molecular complexity index is 297.